The molecule has 2 aromatic heterocycles. The van der Waals surface area contributed by atoms with Gasteiger partial charge in [-0.2, -0.15) is 0 Å². The molecule has 0 aliphatic heterocycles. The van der Waals surface area contributed by atoms with E-state index in [-0.39, 0.29) is 11.1 Å². The van der Waals surface area contributed by atoms with Crippen molar-refractivity contribution in [3.8, 4) is 22.4 Å². The van der Waals surface area contributed by atoms with Crippen molar-refractivity contribution < 1.29 is 18.8 Å². The van der Waals surface area contributed by atoms with Gasteiger partial charge in [0.05, 0.1) is 12.1 Å². The molecule has 0 fully saturated rings. The highest BCUT2D eigenvalue weighted by molar-refractivity contribution is 7.17. The first kappa shape index (κ1) is 23.0. The number of aryl methyl sites for hydroxylation is 2. The average molecular weight is 501 g/mol. The quantitative estimate of drug-likeness (QED) is 0.297. The van der Waals surface area contributed by atoms with Gasteiger partial charge in [-0.3, -0.25) is 4.79 Å². The molecule has 0 radical (unpaired) electrons. The Labute approximate surface area is 204 Å². The lowest BCUT2D eigenvalue weighted by molar-refractivity contribution is 0.0603. The number of ether oxygens (including phenoxy) is 1. The summed E-state index contributed by atoms with van der Waals surface area (Å²) in [5.41, 5.74) is 2.77. The molecule has 4 aromatic rings. The molecule has 0 saturated carbocycles. The molecule has 9 heteroatoms. The van der Waals surface area contributed by atoms with Crippen molar-refractivity contribution in [2.45, 2.75) is 13.8 Å². The van der Waals surface area contributed by atoms with E-state index in [4.69, 9.17) is 32.5 Å². The summed E-state index contributed by atoms with van der Waals surface area (Å²) in [6, 6.07) is 14.2. The van der Waals surface area contributed by atoms with Crippen LogP contribution in [0.15, 0.2) is 53.1 Å². The Balaban J connectivity index is 1.79. The summed E-state index contributed by atoms with van der Waals surface area (Å²) < 4.78 is 10.3. The highest BCUT2D eigenvalue weighted by Crippen LogP contribution is 2.41. The third-order valence-electron chi connectivity index (χ3n) is 5.03. The second-order valence-electron chi connectivity index (χ2n) is 7.14. The van der Waals surface area contributed by atoms with Crippen molar-refractivity contribution in [2.75, 3.05) is 12.4 Å². The Kier molecular flexibility index (Phi) is 6.56. The van der Waals surface area contributed by atoms with E-state index < -0.39 is 11.9 Å². The number of hydrogen-bond acceptors (Lipinski definition) is 6. The molecule has 1 amide bonds. The van der Waals surface area contributed by atoms with Gasteiger partial charge in [0.15, 0.2) is 0 Å². The maximum absolute atomic E-state index is 13.4. The number of carbonyl (C=O) groups is 2. The molecule has 0 unspecified atom stereocenters. The lowest BCUT2D eigenvalue weighted by atomic mass is 10.0. The number of nitrogens with one attached hydrogen (secondary N) is 1. The highest BCUT2D eigenvalue weighted by atomic mass is 35.5. The number of esters is 1. The molecule has 1 N–H and O–H groups in total. The Morgan fingerprint density at radius 3 is 2.52 bits per heavy atom. The van der Waals surface area contributed by atoms with Crippen molar-refractivity contribution in [3.63, 3.8) is 0 Å². The molecule has 6 nitrogen and oxygen atoms in total. The first-order valence-corrected chi connectivity index (χ1v) is 11.4. The van der Waals surface area contributed by atoms with E-state index in [1.807, 2.05) is 13.0 Å². The highest BCUT2D eigenvalue weighted by Gasteiger charge is 2.28. The van der Waals surface area contributed by atoms with Crippen LogP contribution in [0.2, 0.25) is 10.0 Å². The smallest absolute Gasteiger partial charge is 0.341 e. The van der Waals surface area contributed by atoms with Crippen LogP contribution in [0.3, 0.4) is 0 Å². The van der Waals surface area contributed by atoms with Gasteiger partial charge in [0, 0.05) is 21.0 Å². The van der Waals surface area contributed by atoms with E-state index in [1.54, 1.807) is 49.4 Å². The van der Waals surface area contributed by atoms with Gasteiger partial charge in [0.25, 0.3) is 5.91 Å². The van der Waals surface area contributed by atoms with Crippen LogP contribution in [-0.2, 0) is 4.74 Å². The second kappa shape index (κ2) is 9.39. The van der Waals surface area contributed by atoms with E-state index >= 15 is 0 Å². The zero-order valence-corrected chi connectivity index (χ0v) is 20.2. The van der Waals surface area contributed by atoms with Crippen molar-refractivity contribution in [1.82, 2.24) is 5.16 Å². The minimum absolute atomic E-state index is 0.231. The average Bonchev–Trinajstić information content (AvgIpc) is 3.32. The van der Waals surface area contributed by atoms with Crippen molar-refractivity contribution in [2.24, 2.45) is 0 Å². The number of carbonyl (C=O) groups excluding carboxylic acids is 2. The second-order valence-corrected chi connectivity index (χ2v) is 9.20. The molecular formula is C24H18Cl2N2O4S. The molecule has 2 aromatic carbocycles. The van der Waals surface area contributed by atoms with Crippen LogP contribution >= 0.6 is 34.5 Å². The summed E-state index contributed by atoms with van der Waals surface area (Å²) in [5.74, 6) is -0.726. The molecule has 168 valence electrons. The van der Waals surface area contributed by atoms with Crippen molar-refractivity contribution in [1.29, 1.82) is 0 Å². The van der Waals surface area contributed by atoms with Crippen LogP contribution in [0.1, 0.15) is 31.4 Å². The van der Waals surface area contributed by atoms with E-state index in [0.717, 1.165) is 10.4 Å². The minimum atomic E-state index is -0.571. The fraction of sp³-hybridized carbons (Fsp3) is 0.125. The van der Waals surface area contributed by atoms with E-state index in [0.29, 0.717) is 37.6 Å². The molecule has 0 spiro atoms. The van der Waals surface area contributed by atoms with Crippen LogP contribution < -0.4 is 5.32 Å². The largest absolute Gasteiger partial charge is 0.465 e. The van der Waals surface area contributed by atoms with E-state index in [9.17, 15) is 9.59 Å². The summed E-state index contributed by atoms with van der Waals surface area (Å²) >= 11 is 13.7. The van der Waals surface area contributed by atoms with Crippen LogP contribution in [0, 0.1) is 13.8 Å². The molecule has 0 bridgehead atoms. The molecular weight excluding hydrogens is 483 g/mol. The molecule has 0 aliphatic carbocycles. The van der Waals surface area contributed by atoms with Crippen molar-refractivity contribution >= 4 is 51.4 Å². The monoisotopic (exact) mass is 500 g/mol. The van der Waals surface area contributed by atoms with Gasteiger partial charge in [-0.1, -0.05) is 58.7 Å². The predicted molar refractivity (Wildman–Crippen MR) is 130 cm³/mol. The topological polar surface area (TPSA) is 81.4 Å². The van der Waals surface area contributed by atoms with E-state index in [1.165, 1.54) is 18.4 Å². The Morgan fingerprint density at radius 1 is 1.06 bits per heavy atom. The van der Waals surface area contributed by atoms with Gasteiger partial charge < -0.3 is 14.6 Å². The van der Waals surface area contributed by atoms with Gasteiger partial charge in [0.1, 0.15) is 27.6 Å². The van der Waals surface area contributed by atoms with Crippen LogP contribution in [0.5, 0.6) is 0 Å². The Hall–Kier alpha value is -3.13. The number of halogens is 2. The summed E-state index contributed by atoms with van der Waals surface area (Å²) in [6.45, 7) is 3.50. The number of benzene rings is 2. The predicted octanol–water partition coefficient (Wildman–Crippen LogP) is 7.03. The molecule has 0 saturated heterocycles. The number of amides is 1. The normalized spacial score (nSPS) is 10.8. The third kappa shape index (κ3) is 4.39. The first-order valence-electron chi connectivity index (χ1n) is 9.82. The Bertz CT molecular complexity index is 1380. The number of anilines is 1. The molecule has 2 heterocycles. The summed E-state index contributed by atoms with van der Waals surface area (Å²) in [7, 11) is 1.29. The van der Waals surface area contributed by atoms with Crippen molar-refractivity contribution in [3.05, 3.63) is 80.3 Å². The number of methoxy groups -OCH3 is 1. The number of rotatable bonds is 5. The van der Waals surface area contributed by atoms with Crippen LogP contribution in [-0.4, -0.2) is 24.1 Å². The summed E-state index contributed by atoms with van der Waals surface area (Å²) in [6.07, 6.45) is 0. The fourth-order valence-corrected chi connectivity index (χ4v) is 5.04. The molecule has 0 atom stereocenters. The fourth-order valence-electron chi connectivity index (χ4n) is 3.56. The standard InChI is InChI=1S/C24H18Cl2N2O4S/c1-12-18(21(28-32-12)16-9-4-5-10-17(16)26)22(29)27-23-20(24(30)31-3)19(13(2)33-23)14-7-6-8-15(25)11-14/h4-11H,1-3H3,(H,27,29). The molecule has 33 heavy (non-hydrogen) atoms. The number of thiophene rings is 1. The first-order chi connectivity index (χ1) is 15.8. The van der Waals surface area contributed by atoms with Gasteiger partial charge in [0.2, 0.25) is 0 Å². The maximum Gasteiger partial charge on any atom is 0.341 e. The molecule has 4 rings (SSSR count). The van der Waals surface area contributed by atoms with E-state index in [2.05, 4.69) is 10.5 Å². The summed E-state index contributed by atoms with van der Waals surface area (Å²) in [5, 5.41) is 8.21. The van der Waals surface area contributed by atoms with Gasteiger partial charge in [-0.05, 0) is 37.6 Å². The number of hydrogen-bond donors (Lipinski definition) is 1. The van der Waals surface area contributed by atoms with Gasteiger partial charge in [-0.15, -0.1) is 11.3 Å². The lowest BCUT2D eigenvalue weighted by Gasteiger charge is -2.09. The SMILES string of the molecule is COC(=O)c1c(NC(=O)c2c(-c3ccccc3Cl)noc2C)sc(C)c1-c1cccc(Cl)c1. The van der Waals surface area contributed by atoms with Crippen LogP contribution in [0.25, 0.3) is 22.4 Å². The van der Waals surface area contributed by atoms with Gasteiger partial charge in [-0.25, -0.2) is 4.79 Å². The lowest BCUT2D eigenvalue weighted by Crippen LogP contribution is -2.15. The summed E-state index contributed by atoms with van der Waals surface area (Å²) in [4.78, 5) is 26.9. The zero-order valence-electron chi connectivity index (χ0n) is 17.9. The third-order valence-corrected chi connectivity index (χ3v) is 6.62. The Morgan fingerprint density at radius 2 is 1.82 bits per heavy atom. The zero-order chi connectivity index (χ0) is 23.7. The number of nitrogens with zero attached hydrogens (tertiary/aromatic N) is 1. The number of aromatic nitrogens is 1. The molecule has 0 aliphatic rings. The minimum Gasteiger partial charge on any atom is -0.465 e. The van der Waals surface area contributed by atoms with Gasteiger partial charge >= 0.3 is 5.97 Å². The van der Waals surface area contributed by atoms with Crippen LogP contribution in [0.4, 0.5) is 5.00 Å². The maximum atomic E-state index is 13.4.